The summed E-state index contributed by atoms with van der Waals surface area (Å²) in [5.41, 5.74) is 0.274. The monoisotopic (exact) mass is 764 g/mol. The van der Waals surface area contributed by atoms with Gasteiger partial charge in [-0.1, -0.05) is 53.6 Å². The first kappa shape index (κ1) is 40.8. The molecule has 0 aromatic carbocycles. The minimum Gasteiger partial charge on any atom is -0.481 e. The molecule has 1 N–H and O–H groups in total. The van der Waals surface area contributed by atoms with Crippen molar-refractivity contribution >= 4 is 17.8 Å². The van der Waals surface area contributed by atoms with Crippen LogP contribution in [0.25, 0.3) is 0 Å². The molecular formula is C46H73N3O6. The molecule has 0 bridgehead atoms. The summed E-state index contributed by atoms with van der Waals surface area (Å²) in [5.74, 6) is 3.48. The molecule has 0 radical (unpaired) electrons. The van der Waals surface area contributed by atoms with E-state index in [9.17, 15) is 19.5 Å². The summed E-state index contributed by atoms with van der Waals surface area (Å²) in [6, 6.07) is 2.01. The maximum atomic E-state index is 14.4. The SMILES string of the molecule is Cc1cc(CN2CCN(C(=O)C[C@]34CC[C@@H](C(C)C)[C@@H]3[C@H]3CC[C@@H]5[C@@]6(C)CC[C@H](OC(=O)CC(C)(C)C(=O)O)C(C)(C)[C@@H]6CC[C@@]5(C)[C@]3(C)CC4)CC2)on1. The maximum Gasteiger partial charge on any atom is 0.309 e. The number of carbonyl (C=O) groups is 3. The fraction of sp³-hybridized carbons (Fsp3) is 0.870. The van der Waals surface area contributed by atoms with Gasteiger partial charge in [0.2, 0.25) is 5.91 Å². The molecule has 9 nitrogen and oxygen atoms in total. The number of carbonyl (C=O) groups excluding carboxylic acids is 2. The Balaban J connectivity index is 1.07. The molecule has 6 aliphatic rings. The second-order valence-electron chi connectivity index (χ2n) is 22.0. The highest BCUT2D eigenvalue weighted by molar-refractivity contribution is 5.81. The average molecular weight is 764 g/mol. The Kier molecular flexibility index (Phi) is 10.5. The van der Waals surface area contributed by atoms with Gasteiger partial charge in [-0.25, -0.2) is 0 Å². The smallest absolute Gasteiger partial charge is 0.309 e. The van der Waals surface area contributed by atoms with Crippen LogP contribution in [0.4, 0.5) is 0 Å². The molecule has 6 fully saturated rings. The molecule has 2 heterocycles. The summed E-state index contributed by atoms with van der Waals surface area (Å²) in [7, 11) is 0. The van der Waals surface area contributed by atoms with Gasteiger partial charge in [0.1, 0.15) is 6.10 Å². The van der Waals surface area contributed by atoms with Crippen molar-refractivity contribution in [2.24, 2.45) is 68.0 Å². The van der Waals surface area contributed by atoms with Crippen molar-refractivity contribution in [2.45, 2.75) is 159 Å². The summed E-state index contributed by atoms with van der Waals surface area (Å²) < 4.78 is 11.7. The van der Waals surface area contributed by atoms with E-state index in [4.69, 9.17) is 9.26 Å². The number of nitrogens with zero attached hydrogens (tertiary/aromatic N) is 3. The Morgan fingerprint density at radius 1 is 0.909 bits per heavy atom. The first-order chi connectivity index (χ1) is 25.7. The number of rotatable bonds is 9. The maximum absolute atomic E-state index is 14.4. The number of piperazine rings is 1. The van der Waals surface area contributed by atoms with E-state index in [1.165, 1.54) is 44.9 Å². The highest BCUT2D eigenvalue weighted by Gasteiger charge is 2.71. The van der Waals surface area contributed by atoms with Crippen molar-refractivity contribution in [2.75, 3.05) is 26.2 Å². The molecule has 0 unspecified atom stereocenters. The van der Waals surface area contributed by atoms with Gasteiger partial charge in [-0.2, -0.15) is 0 Å². The van der Waals surface area contributed by atoms with Crippen molar-refractivity contribution < 1.29 is 28.8 Å². The molecule has 1 amide bonds. The Labute approximate surface area is 331 Å². The van der Waals surface area contributed by atoms with Crippen molar-refractivity contribution in [1.29, 1.82) is 0 Å². The number of hydrogen-bond donors (Lipinski definition) is 1. The average Bonchev–Trinajstić information content (AvgIpc) is 3.69. The molecule has 5 aliphatic carbocycles. The molecule has 308 valence electrons. The standard InChI is InChI=1S/C46H73N3O6/c1-29(2)32-13-18-46(26-37(50)49-23-21-48(22-24-49)28-31-25-30(3)47-55-31)20-19-44(9)33(39(32)46)11-12-35-43(8)16-15-36(54-38(51)27-41(4,5)40(52)53)42(6,7)34(43)14-17-45(35,44)10/h25,29,32-36,39H,11-24,26-28H2,1-10H3,(H,52,53)/t32-,33+,34-,35+,36-,39+,43-,44+,45+,46+/m0/s1. The number of ether oxygens (including phenoxy) is 1. The Morgan fingerprint density at radius 3 is 2.25 bits per heavy atom. The minimum absolute atomic E-state index is 0.105. The van der Waals surface area contributed by atoms with E-state index in [1.807, 2.05) is 13.0 Å². The zero-order chi connectivity index (χ0) is 39.9. The highest BCUT2D eigenvalue weighted by Crippen LogP contribution is 2.78. The lowest BCUT2D eigenvalue weighted by atomic mass is 9.32. The van der Waals surface area contributed by atoms with Gasteiger partial charge in [-0.3, -0.25) is 19.3 Å². The summed E-state index contributed by atoms with van der Waals surface area (Å²) in [4.78, 5) is 43.8. The molecule has 1 aliphatic heterocycles. The van der Waals surface area contributed by atoms with E-state index in [1.54, 1.807) is 13.8 Å². The van der Waals surface area contributed by atoms with Gasteiger partial charge in [0.25, 0.3) is 0 Å². The van der Waals surface area contributed by atoms with E-state index in [-0.39, 0.29) is 45.6 Å². The third-order valence-corrected chi connectivity index (χ3v) is 18.2. The van der Waals surface area contributed by atoms with Gasteiger partial charge in [-0.15, -0.1) is 0 Å². The zero-order valence-corrected chi connectivity index (χ0v) is 36.0. The summed E-state index contributed by atoms with van der Waals surface area (Å²) in [6.07, 6.45) is 12.0. The van der Waals surface area contributed by atoms with E-state index in [2.05, 4.69) is 63.4 Å². The molecule has 1 saturated heterocycles. The molecule has 9 heteroatoms. The molecule has 7 rings (SSSR count). The van der Waals surface area contributed by atoms with Crippen LogP contribution in [-0.2, 0) is 25.7 Å². The van der Waals surface area contributed by atoms with Gasteiger partial charge in [0.15, 0.2) is 5.76 Å². The quantitative estimate of drug-likeness (QED) is 0.248. The first-order valence-corrected chi connectivity index (χ1v) is 22.0. The van der Waals surface area contributed by atoms with Crippen molar-refractivity contribution in [3.05, 3.63) is 17.5 Å². The van der Waals surface area contributed by atoms with Crippen LogP contribution in [0.15, 0.2) is 10.6 Å². The van der Waals surface area contributed by atoms with Crippen LogP contribution in [0, 0.1) is 74.9 Å². The lowest BCUT2D eigenvalue weighted by molar-refractivity contribution is -0.252. The second-order valence-corrected chi connectivity index (χ2v) is 22.0. The van der Waals surface area contributed by atoms with Gasteiger partial charge < -0.3 is 19.3 Å². The number of aryl methyl sites for hydroxylation is 1. The molecule has 1 aromatic heterocycles. The lowest BCUT2D eigenvalue weighted by Gasteiger charge is -2.73. The summed E-state index contributed by atoms with van der Waals surface area (Å²) >= 11 is 0. The van der Waals surface area contributed by atoms with Crippen LogP contribution < -0.4 is 0 Å². The fourth-order valence-corrected chi connectivity index (χ4v) is 14.9. The number of aromatic nitrogens is 1. The predicted molar refractivity (Wildman–Crippen MR) is 213 cm³/mol. The van der Waals surface area contributed by atoms with Crippen molar-refractivity contribution in [1.82, 2.24) is 15.0 Å². The van der Waals surface area contributed by atoms with Crippen LogP contribution in [-0.4, -0.2) is 70.2 Å². The fourth-order valence-electron chi connectivity index (χ4n) is 14.9. The van der Waals surface area contributed by atoms with E-state index < -0.39 is 11.4 Å². The van der Waals surface area contributed by atoms with Gasteiger partial charge in [0, 0.05) is 44.1 Å². The molecular weight excluding hydrogens is 691 g/mol. The normalized spacial score (nSPS) is 40.2. The lowest BCUT2D eigenvalue weighted by Crippen LogP contribution is -2.67. The number of carboxylic acid groups (broad SMARTS) is 1. The van der Waals surface area contributed by atoms with Gasteiger partial charge in [0.05, 0.1) is 24.1 Å². The number of fused-ring (bicyclic) bond motifs is 7. The number of carboxylic acids is 1. The summed E-state index contributed by atoms with van der Waals surface area (Å²) in [5, 5.41) is 13.7. The van der Waals surface area contributed by atoms with Crippen LogP contribution in [0.1, 0.15) is 151 Å². The number of amides is 1. The molecule has 5 saturated carbocycles. The van der Waals surface area contributed by atoms with E-state index in [0.717, 1.165) is 63.4 Å². The van der Waals surface area contributed by atoms with E-state index in [0.29, 0.717) is 47.8 Å². The summed E-state index contributed by atoms with van der Waals surface area (Å²) in [6.45, 7) is 26.7. The third-order valence-electron chi connectivity index (χ3n) is 18.2. The molecule has 55 heavy (non-hydrogen) atoms. The third kappa shape index (κ3) is 6.70. The number of hydrogen-bond acceptors (Lipinski definition) is 7. The van der Waals surface area contributed by atoms with Crippen LogP contribution in [0.3, 0.4) is 0 Å². The van der Waals surface area contributed by atoms with E-state index >= 15 is 0 Å². The minimum atomic E-state index is -1.14. The molecule has 0 spiro atoms. The van der Waals surface area contributed by atoms with Gasteiger partial charge >= 0.3 is 11.9 Å². The zero-order valence-electron chi connectivity index (χ0n) is 36.0. The number of aliphatic carboxylic acids is 1. The Hall–Kier alpha value is -2.42. The van der Waals surface area contributed by atoms with Crippen molar-refractivity contribution in [3.63, 3.8) is 0 Å². The number of esters is 1. The Morgan fingerprint density at radius 2 is 1.62 bits per heavy atom. The topological polar surface area (TPSA) is 113 Å². The molecule has 1 aromatic rings. The predicted octanol–water partition coefficient (Wildman–Crippen LogP) is 9.17. The largest absolute Gasteiger partial charge is 0.481 e. The van der Waals surface area contributed by atoms with Crippen LogP contribution in [0.5, 0.6) is 0 Å². The Bertz CT molecular complexity index is 1630. The van der Waals surface area contributed by atoms with Crippen LogP contribution >= 0.6 is 0 Å². The van der Waals surface area contributed by atoms with Gasteiger partial charge in [-0.05, 0) is 142 Å². The van der Waals surface area contributed by atoms with Crippen molar-refractivity contribution in [3.8, 4) is 0 Å². The van der Waals surface area contributed by atoms with Crippen LogP contribution in [0.2, 0.25) is 0 Å². The highest BCUT2D eigenvalue weighted by atomic mass is 16.5. The second kappa shape index (κ2) is 14.1. The molecule has 10 atom stereocenters. The first-order valence-electron chi connectivity index (χ1n) is 22.0.